The highest BCUT2D eigenvalue weighted by Crippen LogP contribution is 2.48. The summed E-state index contributed by atoms with van der Waals surface area (Å²) in [5.41, 5.74) is 1.96. The second kappa shape index (κ2) is 12.0. The monoisotopic (exact) mass is 472 g/mol. The molecule has 7 heteroatoms. The normalized spacial score (nSPS) is 13.8. The molecule has 2 aromatic rings. The number of fused-ring (bicyclic) bond motifs is 1. The first-order valence-corrected chi connectivity index (χ1v) is 12.2. The number of unbranched alkanes of at least 4 members (excludes halogenated alkanes) is 4. The Labute approximate surface area is 199 Å². The molecule has 1 N–H and O–H groups in total. The van der Waals surface area contributed by atoms with Crippen LogP contribution in [-0.2, 0) is 11.3 Å². The van der Waals surface area contributed by atoms with Crippen LogP contribution in [0.4, 0.5) is 10.5 Å². The van der Waals surface area contributed by atoms with Crippen molar-refractivity contribution >= 4 is 40.9 Å². The van der Waals surface area contributed by atoms with Crippen molar-refractivity contribution in [2.75, 3.05) is 11.4 Å². The molecule has 5 nitrogen and oxygen atoms in total. The lowest BCUT2D eigenvalue weighted by atomic mass is 10.1. The van der Waals surface area contributed by atoms with E-state index in [0.717, 1.165) is 34.0 Å². The predicted octanol–water partition coefficient (Wildman–Crippen LogP) is 6.94. The summed E-state index contributed by atoms with van der Waals surface area (Å²) in [5, 5.41) is 4.34. The summed E-state index contributed by atoms with van der Waals surface area (Å²) in [5.74, 6) is 0.453. The summed E-state index contributed by atoms with van der Waals surface area (Å²) in [6, 6.07) is 13.2. The number of thioether (sulfide) groups is 1. The number of amides is 1. The van der Waals surface area contributed by atoms with Crippen LogP contribution >= 0.6 is 23.4 Å². The van der Waals surface area contributed by atoms with Gasteiger partial charge in [0.05, 0.1) is 10.7 Å². The molecule has 3 rings (SSSR count). The van der Waals surface area contributed by atoms with Gasteiger partial charge in [0.15, 0.2) is 5.78 Å². The van der Waals surface area contributed by atoms with Gasteiger partial charge in [-0.05, 0) is 43.2 Å². The van der Waals surface area contributed by atoms with Crippen molar-refractivity contribution in [2.24, 2.45) is 0 Å². The van der Waals surface area contributed by atoms with Crippen LogP contribution in [0.25, 0.3) is 0 Å². The van der Waals surface area contributed by atoms with Gasteiger partial charge in [-0.1, -0.05) is 68.1 Å². The fourth-order valence-electron chi connectivity index (χ4n) is 3.42. The number of benzene rings is 2. The van der Waals surface area contributed by atoms with Crippen molar-refractivity contribution in [1.82, 2.24) is 5.32 Å². The summed E-state index contributed by atoms with van der Waals surface area (Å²) < 4.78 is 5.51. The Morgan fingerprint density at radius 1 is 1.09 bits per heavy atom. The standard InChI is InChI=1S/C25H29ClN2O3S/c1-3-4-5-6-7-14-27-25(30)31-21-12-13-23-22(16-21)28(24(32-23)15-18(2)29)17-19-8-10-20(26)11-9-19/h8-13,15-16H,3-7,14,17H2,1-2H3,(H,27,30)/b24-15-. The van der Waals surface area contributed by atoms with Crippen molar-refractivity contribution in [1.29, 1.82) is 0 Å². The molecule has 0 atom stereocenters. The lowest BCUT2D eigenvalue weighted by molar-refractivity contribution is -0.112. The van der Waals surface area contributed by atoms with E-state index >= 15 is 0 Å². The molecule has 1 amide bonds. The number of nitrogens with zero attached hydrogens (tertiary/aromatic N) is 1. The third-order valence-electron chi connectivity index (χ3n) is 5.04. The van der Waals surface area contributed by atoms with Gasteiger partial charge < -0.3 is 15.0 Å². The quantitative estimate of drug-likeness (QED) is 0.299. The van der Waals surface area contributed by atoms with Gasteiger partial charge in [-0.15, -0.1) is 0 Å². The van der Waals surface area contributed by atoms with Crippen LogP contribution in [0.3, 0.4) is 0 Å². The van der Waals surface area contributed by atoms with Gasteiger partial charge in [-0.2, -0.15) is 0 Å². The second-order valence-electron chi connectivity index (χ2n) is 7.77. The highest BCUT2D eigenvalue weighted by atomic mass is 35.5. The Balaban J connectivity index is 1.69. The number of hydrogen-bond donors (Lipinski definition) is 1. The summed E-state index contributed by atoms with van der Waals surface area (Å²) in [6.45, 7) is 4.90. The van der Waals surface area contributed by atoms with Crippen LogP contribution in [0.1, 0.15) is 51.5 Å². The Bertz CT molecular complexity index is 976. The minimum absolute atomic E-state index is 0.0174. The minimum atomic E-state index is -0.449. The van der Waals surface area contributed by atoms with Gasteiger partial charge >= 0.3 is 6.09 Å². The summed E-state index contributed by atoms with van der Waals surface area (Å²) in [4.78, 5) is 27.0. The number of anilines is 1. The van der Waals surface area contributed by atoms with Crippen LogP contribution in [0, 0.1) is 0 Å². The van der Waals surface area contributed by atoms with E-state index < -0.39 is 6.09 Å². The molecule has 0 fully saturated rings. The molecule has 170 valence electrons. The van der Waals surface area contributed by atoms with E-state index in [4.69, 9.17) is 16.3 Å². The fraction of sp³-hybridized carbons (Fsp3) is 0.360. The first-order valence-electron chi connectivity index (χ1n) is 11.0. The first-order chi connectivity index (χ1) is 15.5. The van der Waals surface area contributed by atoms with E-state index in [2.05, 4.69) is 17.1 Å². The third kappa shape index (κ3) is 7.04. The predicted molar refractivity (Wildman–Crippen MR) is 131 cm³/mol. The average molecular weight is 473 g/mol. The molecular weight excluding hydrogens is 444 g/mol. The van der Waals surface area contributed by atoms with E-state index in [0.29, 0.717) is 23.9 Å². The van der Waals surface area contributed by atoms with Gasteiger partial charge in [0.2, 0.25) is 0 Å². The molecule has 0 aliphatic carbocycles. The van der Waals surface area contributed by atoms with Crippen molar-refractivity contribution < 1.29 is 14.3 Å². The topological polar surface area (TPSA) is 58.6 Å². The number of hydrogen-bond acceptors (Lipinski definition) is 5. The summed E-state index contributed by atoms with van der Waals surface area (Å²) in [7, 11) is 0. The van der Waals surface area contributed by atoms with Crippen molar-refractivity contribution in [3.05, 3.63) is 64.2 Å². The number of ketones is 1. The number of halogens is 1. The van der Waals surface area contributed by atoms with Crippen LogP contribution in [0.5, 0.6) is 5.75 Å². The smallest absolute Gasteiger partial charge is 0.410 e. The average Bonchev–Trinajstić information content (AvgIpc) is 3.08. The van der Waals surface area contributed by atoms with E-state index in [9.17, 15) is 9.59 Å². The van der Waals surface area contributed by atoms with E-state index in [1.165, 1.54) is 37.9 Å². The number of nitrogens with one attached hydrogen (secondary N) is 1. The molecule has 32 heavy (non-hydrogen) atoms. The number of carbonyl (C=O) groups excluding carboxylic acids is 2. The van der Waals surface area contributed by atoms with Gasteiger partial charge in [0.1, 0.15) is 5.75 Å². The van der Waals surface area contributed by atoms with Crippen LogP contribution < -0.4 is 15.0 Å². The van der Waals surface area contributed by atoms with Crippen molar-refractivity contribution in [3.8, 4) is 5.75 Å². The van der Waals surface area contributed by atoms with Gasteiger partial charge in [0.25, 0.3) is 0 Å². The maximum atomic E-state index is 12.2. The fourth-order valence-corrected chi connectivity index (χ4v) is 4.68. The molecule has 1 aliphatic rings. The maximum absolute atomic E-state index is 12.2. The Kier molecular flexibility index (Phi) is 9.06. The molecule has 0 radical (unpaired) electrons. The molecule has 0 bridgehead atoms. The zero-order valence-electron chi connectivity index (χ0n) is 18.5. The Morgan fingerprint density at radius 2 is 1.84 bits per heavy atom. The molecule has 0 aromatic heterocycles. The lowest BCUT2D eigenvalue weighted by Gasteiger charge is -2.21. The highest BCUT2D eigenvalue weighted by molar-refractivity contribution is 8.03. The lowest BCUT2D eigenvalue weighted by Crippen LogP contribution is -2.27. The molecule has 0 unspecified atom stereocenters. The second-order valence-corrected chi connectivity index (χ2v) is 9.27. The van der Waals surface area contributed by atoms with Gasteiger partial charge in [-0.25, -0.2) is 4.79 Å². The summed E-state index contributed by atoms with van der Waals surface area (Å²) in [6.07, 6.45) is 6.85. The first kappa shape index (κ1) is 24.2. The molecular formula is C25H29ClN2O3S. The maximum Gasteiger partial charge on any atom is 0.412 e. The number of rotatable bonds is 10. The molecule has 1 heterocycles. The zero-order valence-corrected chi connectivity index (χ0v) is 20.1. The molecule has 0 spiro atoms. The molecule has 0 saturated heterocycles. The van der Waals surface area contributed by atoms with E-state index in [1.807, 2.05) is 36.4 Å². The van der Waals surface area contributed by atoms with Crippen LogP contribution in [0.2, 0.25) is 5.02 Å². The summed E-state index contributed by atoms with van der Waals surface area (Å²) >= 11 is 7.55. The highest BCUT2D eigenvalue weighted by Gasteiger charge is 2.26. The largest absolute Gasteiger partial charge is 0.412 e. The third-order valence-corrected chi connectivity index (χ3v) is 6.41. The van der Waals surface area contributed by atoms with Gasteiger partial charge in [0, 0.05) is 35.2 Å². The Hall–Kier alpha value is -2.44. The van der Waals surface area contributed by atoms with Gasteiger partial charge in [-0.3, -0.25) is 4.79 Å². The van der Waals surface area contributed by atoms with Crippen LogP contribution in [0.15, 0.2) is 58.5 Å². The molecule has 2 aromatic carbocycles. The number of ether oxygens (including phenoxy) is 1. The van der Waals surface area contributed by atoms with Crippen molar-refractivity contribution in [3.63, 3.8) is 0 Å². The van der Waals surface area contributed by atoms with Crippen molar-refractivity contribution in [2.45, 2.75) is 57.4 Å². The van der Waals surface area contributed by atoms with E-state index in [1.54, 1.807) is 12.1 Å². The minimum Gasteiger partial charge on any atom is -0.410 e. The molecule has 0 saturated carbocycles. The SMILES string of the molecule is CCCCCCCNC(=O)Oc1ccc2c(c1)N(Cc1ccc(Cl)cc1)/C(=C/C(C)=O)S2. The molecule has 1 aliphatic heterocycles. The number of allylic oxidation sites excluding steroid dienone is 1. The zero-order chi connectivity index (χ0) is 22.9. The Morgan fingerprint density at radius 3 is 2.56 bits per heavy atom. The van der Waals surface area contributed by atoms with Crippen LogP contribution in [-0.4, -0.2) is 18.4 Å². The van der Waals surface area contributed by atoms with E-state index in [-0.39, 0.29) is 5.78 Å². The number of carbonyl (C=O) groups is 2.